The van der Waals surface area contributed by atoms with E-state index in [1.54, 1.807) is 97.7 Å². The van der Waals surface area contributed by atoms with Crippen LogP contribution in [0, 0.1) is 0 Å². The molecule has 0 aliphatic carbocycles. The number of benzene rings is 3. The molecule has 242 valence electrons. The lowest BCUT2D eigenvalue weighted by atomic mass is 10.1. The Morgan fingerprint density at radius 3 is 2.30 bits per heavy atom. The predicted molar refractivity (Wildman–Crippen MR) is 175 cm³/mol. The summed E-state index contributed by atoms with van der Waals surface area (Å²) in [5.74, 6) is -1.06. The van der Waals surface area contributed by atoms with Gasteiger partial charge in [-0.2, -0.15) is 0 Å². The Bertz CT molecular complexity index is 1780. The summed E-state index contributed by atoms with van der Waals surface area (Å²) in [6, 6.07) is 20.7. The molecule has 1 aliphatic heterocycles. The first-order valence-electron chi connectivity index (χ1n) is 14.9. The minimum absolute atomic E-state index is 0.0192. The summed E-state index contributed by atoms with van der Waals surface area (Å²) in [7, 11) is 1.63. The summed E-state index contributed by atoms with van der Waals surface area (Å²) < 4.78 is 17.4. The minimum atomic E-state index is -1.01. The molecular formula is C33H33N6O7S+. The SMILES string of the molecule is CCOC(=O)c1ccc(NC(=O)CC2C(=O)N(c3ccc(OCC)cc3)C(=S)N2Cc2c(NC(=O)c3ccccc3)on[n+]2C)cc1. The van der Waals surface area contributed by atoms with E-state index in [1.165, 1.54) is 9.58 Å². The van der Waals surface area contributed by atoms with Crippen LogP contribution in [-0.4, -0.2) is 58.2 Å². The third-order valence-corrected chi connectivity index (χ3v) is 7.69. The number of amides is 3. The van der Waals surface area contributed by atoms with E-state index in [2.05, 4.69) is 15.9 Å². The number of carbonyl (C=O) groups is 4. The zero-order valence-corrected chi connectivity index (χ0v) is 26.8. The number of nitrogens with one attached hydrogen (secondary N) is 2. The largest absolute Gasteiger partial charge is 0.494 e. The highest BCUT2D eigenvalue weighted by Crippen LogP contribution is 2.31. The average Bonchev–Trinajstić information content (AvgIpc) is 3.52. The average molecular weight is 658 g/mol. The fraction of sp³-hybridized carbons (Fsp3) is 0.242. The molecule has 13 nitrogen and oxygen atoms in total. The Labute approximate surface area is 276 Å². The van der Waals surface area contributed by atoms with Crippen molar-refractivity contribution in [3.05, 3.63) is 95.7 Å². The van der Waals surface area contributed by atoms with E-state index >= 15 is 0 Å². The van der Waals surface area contributed by atoms with E-state index in [-0.39, 0.29) is 30.6 Å². The third-order valence-electron chi connectivity index (χ3n) is 7.27. The maximum absolute atomic E-state index is 14.0. The van der Waals surface area contributed by atoms with Crippen LogP contribution in [0.25, 0.3) is 0 Å². The lowest BCUT2D eigenvalue weighted by Gasteiger charge is -2.22. The van der Waals surface area contributed by atoms with Crippen LogP contribution in [0.15, 0.2) is 83.4 Å². The molecule has 2 N–H and O–H groups in total. The second kappa shape index (κ2) is 14.6. The van der Waals surface area contributed by atoms with Crippen LogP contribution >= 0.6 is 12.2 Å². The molecule has 2 heterocycles. The summed E-state index contributed by atoms with van der Waals surface area (Å²) in [5.41, 5.74) is 2.10. The van der Waals surface area contributed by atoms with Crippen molar-refractivity contribution >= 4 is 58.3 Å². The zero-order chi connectivity index (χ0) is 33.5. The fourth-order valence-corrected chi connectivity index (χ4v) is 5.33. The van der Waals surface area contributed by atoms with Crippen molar-refractivity contribution in [1.29, 1.82) is 0 Å². The van der Waals surface area contributed by atoms with Gasteiger partial charge in [0, 0.05) is 11.3 Å². The van der Waals surface area contributed by atoms with E-state index in [4.69, 9.17) is 26.2 Å². The molecule has 3 amide bonds. The van der Waals surface area contributed by atoms with Gasteiger partial charge in [-0.05, 0) is 91.4 Å². The molecule has 1 aromatic heterocycles. The second-order valence-electron chi connectivity index (χ2n) is 10.4. The molecule has 0 radical (unpaired) electrons. The van der Waals surface area contributed by atoms with Crippen molar-refractivity contribution in [3.63, 3.8) is 0 Å². The number of aromatic nitrogens is 2. The number of hydrogen-bond acceptors (Lipinski definition) is 9. The van der Waals surface area contributed by atoms with E-state index in [0.29, 0.717) is 40.6 Å². The highest BCUT2D eigenvalue weighted by atomic mass is 32.1. The number of anilines is 3. The van der Waals surface area contributed by atoms with Crippen molar-refractivity contribution < 1.29 is 37.9 Å². The quantitative estimate of drug-likeness (QED) is 0.131. The van der Waals surface area contributed by atoms with E-state index in [9.17, 15) is 19.2 Å². The molecule has 4 aromatic rings. The molecule has 1 unspecified atom stereocenters. The fourth-order valence-electron chi connectivity index (χ4n) is 4.95. The topological polar surface area (TPSA) is 147 Å². The van der Waals surface area contributed by atoms with Crippen LogP contribution in [0.3, 0.4) is 0 Å². The molecule has 1 aliphatic rings. The highest BCUT2D eigenvalue weighted by molar-refractivity contribution is 7.80. The van der Waals surface area contributed by atoms with Crippen LogP contribution in [0.1, 0.15) is 46.7 Å². The zero-order valence-electron chi connectivity index (χ0n) is 26.0. The maximum Gasteiger partial charge on any atom is 0.338 e. The van der Waals surface area contributed by atoms with Crippen LogP contribution in [0.4, 0.5) is 17.3 Å². The first-order chi connectivity index (χ1) is 22.7. The third kappa shape index (κ3) is 7.44. The molecule has 0 spiro atoms. The lowest BCUT2D eigenvalue weighted by Crippen LogP contribution is -2.43. The Morgan fingerprint density at radius 1 is 0.936 bits per heavy atom. The number of ether oxygens (including phenoxy) is 2. The van der Waals surface area contributed by atoms with Gasteiger partial charge in [0.15, 0.2) is 12.2 Å². The van der Waals surface area contributed by atoms with Crippen molar-refractivity contribution in [2.45, 2.75) is 32.9 Å². The standard InChI is InChI=1S/C33H32N6O7S/c1-4-44-25-17-15-24(16-18-25)39-31(42)26(19-28(40)34-23-13-11-22(12-14-23)32(43)45-5-2)38(33(39)47)20-27-30(46-36-37(27)3)35-29(41)21-9-7-6-8-10-21/h6-18,26H,4-5,19-20H2,1-3H3,(H-,34,35,36,40,41,43)/p+1. The summed E-state index contributed by atoms with van der Waals surface area (Å²) in [6.07, 6.45) is -0.257. The van der Waals surface area contributed by atoms with Crippen LogP contribution in [-0.2, 0) is 27.9 Å². The first-order valence-corrected chi connectivity index (χ1v) is 15.3. The molecule has 1 fully saturated rings. The molecular weight excluding hydrogens is 624 g/mol. The van der Waals surface area contributed by atoms with Gasteiger partial charge in [0.25, 0.3) is 17.5 Å². The summed E-state index contributed by atoms with van der Waals surface area (Å²) >= 11 is 5.83. The number of carbonyl (C=O) groups excluding carboxylic acids is 4. The van der Waals surface area contributed by atoms with Crippen molar-refractivity contribution in [1.82, 2.24) is 10.2 Å². The van der Waals surface area contributed by atoms with Crippen LogP contribution in [0.5, 0.6) is 5.75 Å². The normalized spacial score (nSPS) is 14.2. The first kappa shape index (κ1) is 32.8. The predicted octanol–water partition coefficient (Wildman–Crippen LogP) is 3.86. The van der Waals surface area contributed by atoms with Gasteiger partial charge in [0.1, 0.15) is 18.3 Å². The smallest absolute Gasteiger partial charge is 0.338 e. The van der Waals surface area contributed by atoms with E-state index in [0.717, 1.165) is 0 Å². The Balaban J connectivity index is 1.40. The summed E-state index contributed by atoms with van der Waals surface area (Å²) in [5, 5.41) is 9.63. The Morgan fingerprint density at radius 2 is 1.64 bits per heavy atom. The van der Waals surface area contributed by atoms with Gasteiger partial charge >= 0.3 is 11.9 Å². The van der Waals surface area contributed by atoms with Gasteiger partial charge in [-0.15, -0.1) is 0 Å². The molecule has 1 saturated heterocycles. The number of rotatable bonds is 12. The Kier molecular flexibility index (Phi) is 10.2. The number of nitrogens with zero attached hydrogens (tertiary/aromatic N) is 4. The maximum atomic E-state index is 14.0. The summed E-state index contributed by atoms with van der Waals surface area (Å²) in [4.78, 5) is 55.2. The molecule has 5 rings (SSSR count). The van der Waals surface area contributed by atoms with Crippen LogP contribution in [0.2, 0.25) is 0 Å². The molecule has 0 bridgehead atoms. The van der Waals surface area contributed by atoms with E-state index < -0.39 is 29.7 Å². The molecule has 3 aromatic carbocycles. The highest BCUT2D eigenvalue weighted by Gasteiger charge is 2.46. The van der Waals surface area contributed by atoms with Crippen molar-refractivity contribution in [3.8, 4) is 5.75 Å². The van der Waals surface area contributed by atoms with Gasteiger partial charge in [-0.3, -0.25) is 29.1 Å². The monoisotopic (exact) mass is 657 g/mol. The second-order valence-corrected chi connectivity index (χ2v) is 10.7. The van der Waals surface area contributed by atoms with Crippen molar-refractivity contribution in [2.75, 3.05) is 28.7 Å². The summed E-state index contributed by atoms with van der Waals surface area (Å²) in [6.45, 7) is 4.29. The van der Waals surface area contributed by atoms with Gasteiger partial charge in [0.2, 0.25) is 11.2 Å². The number of aryl methyl sites for hydroxylation is 1. The number of esters is 1. The van der Waals surface area contributed by atoms with Crippen LogP contribution < -0.4 is 25.0 Å². The Hall–Kier alpha value is -5.63. The molecule has 47 heavy (non-hydrogen) atoms. The van der Waals surface area contributed by atoms with Crippen molar-refractivity contribution in [2.24, 2.45) is 7.05 Å². The number of thiocarbonyl (C=S) groups is 1. The number of hydrogen-bond donors (Lipinski definition) is 2. The van der Waals surface area contributed by atoms with Gasteiger partial charge in [-0.1, -0.05) is 18.2 Å². The lowest BCUT2D eigenvalue weighted by molar-refractivity contribution is -0.746. The van der Waals surface area contributed by atoms with Gasteiger partial charge in [0.05, 0.1) is 30.9 Å². The molecule has 1 atom stereocenters. The van der Waals surface area contributed by atoms with E-state index in [1.807, 2.05) is 6.92 Å². The molecule has 0 saturated carbocycles. The molecule has 14 heteroatoms. The minimum Gasteiger partial charge on any atom is -0.494 e. The van der Waals surface area contributed by atoms with Gasteiger partial charge < -0.3 is 19.7 Å². The van der Waals surface area contributed by atoms with Gasteiger partial charge in [-0.25, -0.2) is 4.79 Å².